The Morgan fingerprint density at radius 2 is 2.20 bits per heavy atom. The molecule has 0 aliphatic carbocycles. The van der Waals surface area contributed by atoms with Gasteiger partial charge in [0.15, 0.2) is 0 Å². The number of carbonyl (C=O) groups is 1. The summed E-state index contributed by atoms with van der Waals surface area (Å²) in [7, 11) is 0. The molecule has 1 heterocycles. The van der Waals surface area contributed by atoms with Crippen molar-refractivity contribution in [1.29, 1.82) is 0 Å². The van der Waals surface area contributed by atoms with Crippen LogP contribution in [0.25, 0.3) is 10.2 Å². The summed E-state index contributed by atoms with van der Waals surface area (Å²) in [6.07, 6.45) is 0.994. The molecule has 0 saturated carbocycles. The SMILES string of the molecule is CC#CCCOc1cccc(CC(=O)Nc2ccc3ncsc3c2)c1. The molecule has 0 fully saturated rings. The molecule has 1 aromatic heterocycles. The minimum atomic E-state index is -0.0575. The van der Waals surface area contributed by atoms with Crippen molar-refractivity contribution in [2.24, 2.45) is 0 Å². The third kappa shape index (κ3) is 4.82. The van der Waals surface area contributed by atoms with E-state index in [1.54, 1.807) is 16.8 Å². The van der Waals surface area contributed by atoms with Gasteiger partial charge in [-0.3, -0.25) is 4.79 Å². The maximum atomic E-state index is 12.3. The first-order valence-electron chi connectivity index (χ1n) is 7.99. The molecule has 5 heteroatoms. The number of nitrogens with zero attached hydrogens (tertiary/aromatic N) is 1. The molecule has 0 spiro atoms. The molecule has 3 rings (SSSR count). The van der Waals surface area contributed by atoms with E-state index in [9.17, 15) is 4.79 Å². The van der Waals surface area contributed by atoms with Crippen molar-refractivity contribution in [2.45, 2.75) is 19.8 Å². The molecule has 0 radical (unpaired) electrons. The average Bonchev–Trinajstić information content (AvgIpc) is 3.07. The normalized spacial score (nSPS) is 10.1. The number of carbonyl (C=O) groups excluding carboxylic acids is 1. The van der Waals surface area contributed by atoms with E-state index in [0.29, 0.717) is 19.4 Å². The highest BCUT2D eigenvalue weighted by molar-refractivity contribution is 7.16. The van der Waals surface area contributed by atoms with E-state index in [-0.39, 0.29) is 5.91 Å². The van der Waals surface area contributed by atoms with E-state index in [1.807, 2.05) is 49.4 Å². The molecule has 0 aliphatic heterocycles. The molecule has 1 amide bonds. The second-order valence-electron chi connectivity index (χ2n) is 5.43. The highest BCUT2D eigenvalue weighted by Crippen LogP contribution is 2.22. The molecule has 0 aliphatic rings. The molecular weight excluding hydrogens is 332 g/mol. The maximum Gasteiger partial charge on any atom is 0.228 e. The van der Waals surface area contributed by atoms with Crippen molar-refractivity contribution in [3.63, 3.8) is 0 Å². The molecule has 126 valence electrons. The van der Waals surface area contributed by atoms with Crippen molar-refractivity contribution < 1.29 is 9.53 Å². The summed E-state index contributed by atoms with van der Waals surface area (Å²) < 4.78 is 6.71. The molecule has 1 N–H and O–H groups in total. The molecule has 3 aromatic rings. The highest BCUT2D eigenvalue weighted by Gasteiger charge is 2.07. The lowest BCUT2D eigenvalue weighted by molar-refractivity contribution is -0.115. The van der Waals surface area contributed by atoms with E-state index < -0.39 is 0 Å². The van der Waals surface area contributed by atoms with Gasteiger partial charge in [0.25, 0.3) is 0 Å². The minimum Gasteiger partial charge on any atom is -0.493 e. The van der Waals surface area contributed by atoms with Crippen LogP contribution in [-0.2, 0) is 11.2 Å². The standard InChI is InChI=1S/C20H18N2O2S/c1-2-3-4-10-24-17-7-5-6-15(11-17)12-20(23)22-16-8-9-18-19(13-16)25-14-21-18/h5-9,11,13-14H,4,10,12H2,1H3,(H,22,23). The van der Waals surface area contributed by atoms with Gasteiger partial charge in [0.2, 0.25) is 5.91 Å². The van der Waals surface area contributed by atoms with Gasteiger partial charge in [0.05, 0.1) is 28.8 Å². The summed E-state index contributed by atoms with van der Waals surface area (Å²) in [5.41, 5.74) is 4.44. The fourth-order valence-corrected chi connectivity index (χ4v) is 3.13. The lowest BCUT2D eigenvalue weighted by Gasteiger charge is -2.08. The second-order valence-corrected chi connectivity index (χ2v) is 6.32. The first-order valence-corrected chi connectivity index (χ1v) is 8.87. The van der Waals surface area contributed by atoms with Crippen LogP contribution in [0, 0.1) is 11.8 Å². The molecule has 25 heavy (non-hydrogen) atoms. The topological polar surface area (TPSA) is 51.2 Å². The molecule has 0 unspecified atom stereocenters. The van der Waals surface area contributed by atoms with E-state index in [2.05, 4.69) is 22.1 Å². The largest absolute Gasteiger partial charge is 0.493 e. The van der Waals surface area contributed by atoms with Gasteiger partial charge >= 0.3 is 0 Å². The van der Waals surface area contributed by atoms with Crippen LogP contribution in [0.2, 0.25) is 0 Å². The third-order valence-corrected chi connectivity index (χ3v) is 4.34. The predicted molar refractivity (Wildman–Crippen MR) is 102 cm³/mol. The summed E-state index contributed by atoms with van der Waals surface area (Å²) in [5, 5.41) is 2.93. The van der Waals surface area contributed by atoms with Crippen LogP contribution in [0.5, 0.6) is 5.75 Å². The first kappa shape index (κ1) is 17.0. The smallest absolute Gasteiger partial charge is 0.228 e. The lowest BCUT2D eigenvalue weighted by Crippen LogP contribution is -2.14. The van der Waals surface area contributed by atoms with Crippen molar-refractivity contribution in [2.75, 3.05) is 11.9 Å². The number of hydrogen-bond donors (Lipinski definition) is 1. The maximum absolute atomic E-state index is 12.3. The van der Waals surface area contributed by atoms with Crippen LogP contribution in [0.15, 0.2) is 48.0 Å². The van der Waals surface area contributed by atoms with E-state index >= 15 is 0 Å². The fourth-order valence-electron chi connectivity index (χ4n) is 2.41. The number of amides is 1. The number of hydrogen-bond acceptors (Lipinski definition) is 4. The number of thiazole rings is 1. The summed E-state index contributed by atoms with van der Waals surface area (Å²) in [6, 6.07) is 13.3. The number of aromatic nitrogens is 1. The minimum absolute atomic E-state index is 0.0575. The van der Waals surface area contributed by atoms with Crippen LogP contribution in [0.3, 0.4) is 0 Å². The van der Waals surface area contributed by atoms with Crippen LogP contribution in [0.4, 0.5) is 5.69 Å². The molecule has 0 bridgehead atoms. The van der Waals surface area contributed by atoms with E-state index in [0.717, 1.165) is 27.2 Å². The third-order valence-electron chi connectivity index (χ3n) is 3.55. The Morgan fingerprint density at radius 1 is 1.28 bits per heavy atom. The van der Waals surface area contributed by atoms with Crippen molar-refractivity contribution in [3.8, 4) is 17.6 Å². The van der Waals surface area contributed by atoms with Gasteiger partial charge < -0.3 is 10.1 Å². The van der Waals surface area contributed by atoms with Gasteiger partial charge in [-0.15, -0.1) is 23.2 Å². The van der Waals surface area contributed by atoms with E-state index in [1.165, 1.54) is 0 Å². The summed E-state index contributed by atoms with van der Waals surface area (Å²) >= 11 is 1.56. The average molecular weight is 350 g/mol. The zero-order chi connectivity index (χ0) is 17.5. The van der Waals surface area contributed by atoms with E-state index in [4.69, 9.17) is 4.74 Å². The van der Waals surface area contributed by atoms with Crippen LogP contribution >= 0.6 is 11.3 Å². The monoisotopic (exact) mass is 350 g/mol. The number of nitrogens with one attached hydrogen (secondary N) is 1. The van der Waals surface area contributed by atoms with Gasteiger partial charge in [-0.1, -0.05) is 12.1 Å². The lowest BCUT2D eigenvalue weighted by atomic mass is 10.1. The summed E-state index contributed by atoms with van der Waals surface area (Å²) in [6.45, 7) is 2.36. The van der Waals surface area contributed by atoms with Gasteiger partial charge in [-0.25, -0.2) is 4.98 Å². The number of fused-ring (bicyclic) bond motifs is 1. The zero-order valence-electron chi connectivity index (χ0n) is 13.9. The summed E-state index contributed by atoms with van der Waals surface area (Å²) in [5.74, 6) is 6.50. The van der Waals surface area contributed by atoms with Gasteiger partial charge in [0.1, 0.15) is 5.75 Å². The molecule has 4 nitrogen and oxygen atoms in total. The Hall–Kier alpha value is -2.84. The molecular formula is C20H18N2O2S. The Morgan fingerprint density at radius 3 is 3.08 bits per heavy atom. The number of benzene rings is 2. The number of anilines is 1. The quantitative estimate of drug-likeness (QED) is 0.533. The molecule has 0 atom stereocenters. The molecule has 2 aromatic carbocycles. The number of rotatable bonds is 6. The highest BCUT2D eigenvalue weighted by atomic mass is 32.1. The van der Waals surface area contributed by atoms with Gasteiger partial charge in [-0.2, -0.15) is 0 Å². The Bertz CT molecular complexity index is 937. The number of ether oxygens (including phenoxy) is 1. The van der Waals surface area contributed by atoms with Crippen molar-refractivity contribution in [1.82, 2.24) is 4.98 Å². The summed E-state index contributed by atoms with van der Waals surface area (Å²) in [4.78, 5) is 16.5. The Balaban J connectivity index is 1.59. The first-order chi connectivity index (χ1) is 12.2. The fraction of sp³-hybridized carbons (Fsp3) is 0.200. The molecule has 0 saturated heterocycles. The van der Waals surface area contributed by atoms with Gasteiger partial charge in [-0.05, 0) is 42.8 Å². The van der Waals surface area contributed by atoms with Crippen LogP contribution in [0.1, 0.15) is 18.9 Å². The van der Waals surface area contributed by atoms with Gasteiger partial charge in [0, 0.05) is 12.1 Å². The zero-order valence-corrected chi connectivity index (χ0v) is 14.7. The van der Waals surface area contributed by atoms with Crippen molar-refractivity contribution in [3.05, 3.63) is 53.5 Å². The van der Waals surface area contributed by atoms with Crippen LogP contribution in [-0.4, -0.2) is 17.5 Å². The van der Waals surface area contributed by atoms with Crippen LogP contribution < -0.4 is 10.1 Å². The Labute approximate surface area is 150 Å². The predicted octanol–water partition coefficient (Wildman–Crippen LogP) is 4.27. The second kappa shape index (κ2) is 8.32. The Kier molecular flexibility index (Phi) is 5.65. The van der Waals surface area contributed by atoms with Crippen molar-refractivity contribution >= 4 is 33.1 Å².